The topological polar surface area (TPSA) is 90.9 Å². The quantitative estimate of drug-likeness (QED) is 0.349. The first kappa shape index (κ1) is 26.5. The van der Waals surface area contributed by atoms with E-state index in [9.17, 15) is 27.6 Å². The second-order valence-corrected chi connectivity index (χ2v) is 8.49. The highest BCUT2D eigenvalue weighted by Gasteiger charge is 2.47. The molecule has 35 heavy (non-hydrogen) atoms. The molecule has 0 fully saturated rings. The summed E-state index contributed by atoms with van der Waals surface area (Å²) in [5.74, 6) is -4.44. The molecule has 3 atom stereocenters. The lowest BCUT2D eigenvalue weighted by molar-refractivity contribution is -0.151. The molecule has 0 radical (unpaired) electrons. The first-order chi connectivity index (χ1) is 16.5. The average Bonchev–Trinajstić information content (AvgIpc) is 2.80. The molecule has 0 amide bonds. The summed E-state index contributed by atoms with van der Waals surface area (Å²) < 4.78 is 54.9. The summed E-state index contributed by atoms with van der Waals surface area (Å²) in [6.45, 7) is 5.75. The van der Waals surface area contributed by atoms with E-state index in [1.165, 1.54) is 19.2 Å². The molecule has 0 saturated heterocycles. The van der Waals surface area contributed by atoms with E-state index in [0.29, 0.717) is 30.0 Å². The van der Waals surface area contributed by atoms with Gasteiger partial charge in [0.15, 0.2) is 5.78 Å². The number of ketones is 1. The fourth-order valence-electron chi connectivity index (χ4n) is 4.56. The Kier molecular flexibility index (Phi) is 8.04. The van der Waals surface area contributed by atoms with Crippen molar-refractivity contribution >= 4 is 17.7 Å². The van der Waals surface area contributed by atoms with Gasteiger partial charge in [-0.15, -0.1) is 0 Å². The Balaban J connectivity index is 2.09. The van der Waals surface area contributed by atoms with Gasteiger partial charge in [-0.1, -0.05) is 19.1 Å². The number of hydrogen-bond donors (Lipinski definition) is 1. The maximum atomic E-state index is 13.6. The third-order valence-electron chi connectivity index (χ3n) is 6.20. The van der Waals surface area contributed by atoms with E-state index in [1.54, 1.807) is 20.8 Å². The zero-order valence-electron chi connectivity index (χ0n) is 20.0. The first-order valence-corrected chi connectivity index (χ1v) is 11.3. The number of benzene rings is 1. The van der Waals surface area contributed by atoms with E-state index in [4.69, 9.17) is 14.2 Å². The van der Waals surface area contributed by atoms with E-state index in [-0.39, 0.29) is 30.3 Å². The highest BCUT2D eigenvalue weighted by Crippen LogP contribution is 2.45. The molecule has 1 aromatic rings. The van der Waals surface area contributed by atoms with Gasteiger partial charge in [-0.2, -0.15) is 13.2 Å². The number of alkyl halides is 3. The molecule has 3 rings (SSSR count). The van der Waals surface area contributed by atoms with Gasteiger partial charge < -0.3 is 19.5 Å². The third kappa shape index (κ3) is 5.42. The summed E-state index contributed by atoms with van der Waals surface area (Å²) in [5, 5.41) is 3.10. The van der Waals surface area contributed by atoms with Crippen LogP contribution in [0.3, 0.4) is 0 Å². The Morgan fingerprint density at radius 1 is 1.14 bits per heavy atom. The monoisotopic (exact) mass is 495 g/mol. The van der Waals surface area contributed by atoms with Gasteiger partial charge in [0.1, 0.15) is 12.5 Å². The fraction of sp³-hybridized carbons (Fsp3) is 0.480. The molecule has 0 saturated carbocycles. The van der Waals surface area contributed by atoms with E-state index in [1.807, 2.05) is 0 Å². The predicted molar refractivity (Wildman–Crippen MR) is 119 cm³/mol. The van der Waals surface area contributed by atoms with Crippen molar-refractivity contribution in [1.82, 2.24) is 5.32 Å². The minimum Gasteiger partial charge on any atom is -0.468 e. The summed E-state index contributed by atoms with van der Waals surface area (Å²) in [6.07, 6.45) is -4.22. The standard InChI is InChI=1S/C25H28F3NO6/c1-5-34-10-11-35-24(32)19-14(3)29-17-12-13(2)18(23(31)33-4)22(30)21(17)20(19)15-6-8-16(9-7-15)25(26,27)28/h6-9,13,18,20,29H,5,10-12H2,1-4H3/t13-,18-,20+/m1/s1. The molecular formula is C25H28F3NO6. The van der Waals surface area contributed by atoms with Crippen molar-refractivity contribution in [3.8, 4) is 0 Å². The van der Waals surface area contributed by atoms with Gasteiger partial charge in [0.25, 0.3) is 0 Å². The van der Waals surface area contributed by atoms with Gasteiger partial charge in [-0.3, -0.25) is 9.59 Å². The Morgan fingerprint density at radius 2 is 1.80 bits per heavy atom. The van der Waals surface area contributed by atoms with Gasteiger partial charge in [0.2, 0.25) is 0 Å². The molecule has 7 nitrogen and oxygen atoms in total. The van der Waals surface area contributed by atoms with Gasteiger partial charge in [-0.05, 0) is 43.9 Å². The molecule has 0 unspecified atom stereocenters. The molecule has 1 heterocycles. The molecule has 2 aliphatic rings. The highest BCUT2D eigenvalue weighted by molar-refractivity contribution is 6.12. The van der Waals surface area contributed by atoms with Crippen molar-refractivity contribution in [3.63, 3.8) is 0 Å². The van der Waals surface area contributed by atoms with Crippen molar-refractivity contribution < 1.29 is 41.8 Å². The van der Waals surface area contributed by atoms with Crippen molar-refractivity contribution in [2.75, 3.05) is 26.9 Å². The van der Waals surface area contributed by atoms with Crippen LogP contribution < -0.4 is 5.32 Å². The van der Waals surface area contributed by atoms with Crippen LogP contribution in [0.5, 0.6) is 0 Å². The minimum atomic E-state index is -4.55. The van der Waals surface area contributed by atoms with E-state index in [2.05, 4.69) is 5.32 Å². The van der Waals surface area contributed by atoms with Crippen LogP contribution in [0.1, 0.15) is 44.2 Å². The Morgan fingerprint density at radius 3 is 2.37 bits per heavy atom. The third-order valence-corrected chi connectivity index (χ3v) is 6.20. The number of carbonyl (C=O) groups is 3. The first-order valence-electron chi connectivity index (χ1n) is 11.3. The summed E-state index contributed by atoms with van der Waals surface area (Å²) in [6, 6.07) is 4.28. The average molecular weight is 495 g/mol. The molecular weight excluding hydrogens is 467 g/mol. The molecule has 0 spiro atoms. The maximum Gasteiger partial charge on any atom is 0.416 e. The van der Waals surface area contributed by atoms with Crippen molar-refractivity contribution in [2.45, 2.75) is 39.3 Å². The van der Waals surface area contributed by atoms with Gasteiger partial charge in [0, 0.05) is 29.5 Å². The van der Waals surface area contributed by atoms with Crippen LogP contribution in [0.4, 0.5) is 13.2 Å². The van der Waals surface area contributed by atoms with Crippen LogP contribution in [0.25, 0.3) is 0 Å². The maximum absolute atomic E-state index is 13.6. The number of hydrogen-bond acceptors (Lipinski definition) is 7. The second-order valence-electron chi connectivity index (χ2n) is 8.49. The summed E-state index contributed by atoms with van der Waals surface area (Å²) in [4.78, 5) is 39.1. The normalized spacial score (nSPS) is 22.5. The van der Waals surface area contributed by atoms with Crippen LogP contribution in [0, 0.1) is 11.8 Å². The number of ether oxygens (including phenoxy) is 3. The molecule has 0 bridgehead atoms. The van der Waals surface area contributed by atoms with E-state index < -0.39 is 41.3 Å². The molecule has 0 aromatic heterocycles. The van der Waals surface area contributed by atoms with Crippen molar-refractivity contribution in [1.29, 1.82) is 0 Å². The molecule has 190 valence electrons. The summed E-state index contributed by atoms with van der Waals surface area (Å²) in [7, 11) is 1.18. The Bertz CT molecular complexity index is 1060. The zero-order valence-corrected chi connectivity index (χ0v) is 20.0. The largest absolute Gasteiger partial charge is 0.468 e. The molecule has 1 aliphatic carbocycles. The number of Topliss-reactive ketones (excluding diaryl/α,β-unsaturated/α-hetero) is 1. The van der Waals surface area contributed by atoms with E-state index >= 15 is 0 Å². The van der Waals surface area contributed by atoms with Crippen LogP contribution in [-0.2, 0) is 34.8 Å². The van der Waals surface area contributed by atoms with Crippen LogP contribution in [0.15, 0.2) is 46.8 Å². The van der Waals surface area contributed by atoms with Crippen LogP contribution in [-0.4, -0.2) is 44.7 Å². The highest BCUT2D eigenvalue weighted by atomic mass is 19.4. The number of nitrogens with one attached hydrogen (secondary N) is 1. The molecule has 1 aliphatic heterocycles. The van der Waals surface area contributed by atoms with Crippen LogP contribution in [0.2, 0.25) is 0 Å². The number of carbonyl (C=O) groups excluding carboxylic acids is 3. The van der Waals surface area contributed by atoms with Gasteiger partial charge in [0.05, 0.1) is 24.9 Å². The van der Waals surface area contributed by atoms with E-state index in [0.717, 1.165) is 12.1 Å². The van der Waals surface area contributed by atoms with Gasteiger partial charge >= 0.3 is 18.1 Å². The molecule has 1 N–H and O–H groups in total. The Hall–Kier alpha value is -3.14. The lowest BCUT2D eigenvalue weighted by atomic mass is 9.69. The summed E-state index contributed by atoms with van der Waals surface area (Å²) in [5.41, 5.74) is 0.631. The minimum absolute atomic E-state index is 0.0368. The number of methoxy groups -OCH3 is 1. The van der Waals surface area contributed by atoms with Crippen LogP contribution >= 0.6 is 0 Å². The number of dihydropyridines is 1. The zero-order chi connectivity index (χ0) is 25.9. The number of esters is 2. The molecule has 1 aromatic carbocycles. The Labute approximate surface area is 201 Å². The van der Waals surface area contributed by atoms with Gasteiger partial charge in [-0.25, -0.2) is 4.79 Å². The van der Waals surface area contributed by atoms with Crippen molar-refractivity contribution in [3.05, 3.63) is 57.9 Å². The molecule has 10 heteroatoms. The van der Waals surface area contributed by atoms with Crippen molar-refractivity contribution in [2.24, 2.45) is 11.8 Å². The second kappa shape index (κ2) is 10.6. The summed E-state index contributed by atoms with van der Waals surface area (Å²) >= 11 is 0. The smallest absolute Gasteiger partial charge is 0.416 e. The number of halogens is 3. The predicted octanol–water partition coefficient (Wildman–Crippen LogP) is 3.90. The lowest BCUT2D eigenvalue weighted by Gasteiger charge is -2.38. The SMILES string of the molecule is CCOCCOC(=O)C1=C(C)NC2=C(C(=O)[C@H](C(=O)OC)[C@H](C)C2)[C@H]1c1ccc(C(F)(F)F)cc1. The number of allylic oxidation sites excluding steroid dienone is 3. The number of rotatable bonds is 7. The fourth-order valence-corrected chi connectivity index (χ4v) is 4.56. The lowest BCUT2D eigenvalue weighted by Crippen LogP contribution is -2.43.